The van der Waals surface area contributed by atoms with Crippen LogP contribution < -0.4 is 0 Å². The van der Waals surface area contributed by atoms with Crippen molar-refractivity contribution in [3.8, 4) is 0 Å². The minimum atomic E-state index is -0.524. The van der Waals surface area contributed by atoms with Gasteiger partial charge >= 0.3 is 5.97 Å². The molecule has 2 heteroatoms. The van der Waals surface area contributed by atoms with Crippen LogP contribution in [0.4, 0.5) is 0 Å². The lowest BCUT2D eigenvalue weighted by atomic mass is 9.94. The quantitative estimate of drug-likeness (QED) is 0.702. The fourth-order valence-electron chi connectivity index (χ4n) is 2.56. The van der Waals surface area contributed by atoms with Crippen molar-refractivity contribution in [1.82, 2.24) is 0 Å². The Labute approximate surface area is 131 Å². The number of fused-ring (bicyclic) bond motifs is 2. The van der Waals surface area contributed by atoms with Crippen molar-refractivity contribution in [3.63, 3.8) is 0 Å². The molecule has 0 fully saturated rings. The maximum Gasteiger partial charge on any atom is 0.312 e. The summed E-state index contributed by atoms with van der Waals surface area (Å²) in [5.41, 5.74) is 3.71. The van der Waals surface area contributed by atoms with Crippen molar-refractivity contribution in [2.75, 3.05) is 0 Å². The van der Waals surface area contributed by atoms with E-state index >= 15 is 0 Å². The smallest absolute Gasteiger partial charge is 0.312 e. The second-order valence-corrected chi connectivity index (χ2v) is 6.63. The third kappa shape index (κ3) is 2.69. The minimum absolute atomic E-state index is 0.191. The van der Waals surface area contributed by atoms with Crippen molar-refractivity contribution in [1.29, 1.82) is 0 Å². The second kappa shape index (κ2) is 5.45. The van der Waals surface area contributed by atoms with Gasteiger partial charge in [-0.2, -0.15) is 0 Å². The molecule has 1 aliphatic rings. The zero-order valence-electron chi connectivity index (χ0n) is 13.2. The van der Waals surface area contributed by atoms with Gasteiger partial charge in [0.25, 0.3) is 0 Å². The van der Waals surface area contributed by atoms with Gasteiger partial charge in [-0.1, -0.05) is 60.7 Å². The largest absolute Gasteiger partial charge is 0.452 e. The van der Waals surface area contributed by atoms with E-state index in [9.17, 15) is 4.79 Å². The molecule has 0 heterocycles. The van der Waals surface area contributed by atoms with Crippen molar-refractivity contribution in [2.24, 2.45) is 5.41 Å². The van der Waals surface area contributed by atoms with Crippen LogP contribution in [0.25, 0.3) is 12.2 Å². The van der Waals surface area contributed by atoms with Gasteiger partial charge in [0.15, 0.2) is 6.10 Å². The maximum absolute atomic E-state index is 12.4. The first-order valence-corrected chi connectivity index (χ1v) is 7.54. The van der Waals surface area contributed by atoms with Gasteiger partial charge in [-0.3, -0.25) is 4.79 Å². The van der Waals surface area contributed by atoms with E-state index < -0.39 is 5.41 Å². The third-order valence-electron chi connectivity index (χ3n) is 3.84. The van der Waals surface area contributed by atoms with E-state index in [1.54, 1.807) is 0 Å². The summed E-state index contributed by atoms with van der Waals surface area (Å²) in [4.78, 5) is 12.4. The van der Waals surface area contributed by atoms with Crippen LogP contribution in [0.5, 0.6) is 0 Å². The average Bonchev–Trinajstić information content (AvgIpc) is 2.65. The average molecular weight is 292 g/mol. The van der Waals surface area contributed by atoms with Crippen LogP contribution in [0.15, 0.2) is 48.5 Å². The topological polar surface area (TPSA) is 26.3 Å². The zero-order chi connectivity index (χ0) is 15.7. The molecule has 0 unspecified atom stereocenters. The highest BCUT2D eigenvalue weighted by atomic mass is 16.5. The summed E-state index contributed by atoms with van der Waals surface area (Å²) < 4.78 is 5.91. The van der Waals surface area contributed by atoms with E-state index in [1.807, 2.05) is 57.2 Å². The first-order chi connectivity index (χ1) is 10.5. The van der Waals surface area contributed by atoms with Gasteiger partial charge < -0.3 is 4.74 Å². The van der Waals surface area contributed by atoms with Gasteiger partial charge in [0.05, 0.1) is 5.41 Å². The summed E-state index contributed by atoms with van der Waals surface area (Å²) in [6.45, 7) is 5.63. The summed E-state index contributed by atoms with van der Waals surface area (Å²) in [6.07, 6.45) is 3.80. The first kappa shape index (κ1) is 14.6. The molecule has 0 radical (unpaired) electrons. The third-order valence-corrected chi connectivity index (χ3v) is 3.84. The highest BCUT2D eigenvalue weighted by molar-refractivity contribution is 5.79. The molecule has 0 spiro atoms. The lowest BCUT2D eigenvalue weighted by Crippen LogP contribution is -2.25. The molecule has 2 aromatic rings. The lowest BCUT2D eigenvalue weighted by Gasteiger charge is -2.25. The van der Waals surface area contributed by atoms with Crippen LogP contribution in [-0.4, -0.2) is 5.97 Å². The normalized spacial score (nSPS) is 14.0. The van der Waals surface area contributed by atoms with Crippen molar-refractivity contribution >= 4 is 18.1 Å². The van der Waals surface area contributed by atoms with E-state index in [0.717, 1.165) is 22.3 Å². The molecule has 0 saturated heterocycles. The molecular formula is C20H20O2. The fourth-order valence-corrected chi connectivity index (χ4v) is 2.56. The molecule has 0 bridgehead atoms. The van der Waals surface area contributed by atoms with E-state index in [1.165, 1.54) is 0 Å². The highest BCUT2D eigenvalue weighted by Crippen LogP contribution is 2.36. The van der Waals surface area contributed by atoms with Crippen LogP contribution >= 0.6 is 0 Å². The van der Waals surface area contributed by atoms with Crippen LogP contribution in [0.2, 0.25) is 0 Å². The molecule has 0 N–H and O–H groups in total. The van der Waals surface area contributed by atoms with Crippen LogP contribution in [0.1, 0.15) is 49.1 Å². The molecule has 0 atom stereocenters. The number of esters is 1. The Bertz CT molecular complexity index is 686. The van der Waals surface area contributed by atoms with Gasteiger partial charge in [-0.05, 0) is 31.9 Å². The van der Waals surface area contributed by atoms with Gasteiger partial charge in [-0.15, -0.1) is 0 Å². The number of carbonyl (C=O) groups is 1. The Morgan fingerprint density at radius 3 is 1.77 bits per heavy atom. The van der Waals surface area contributed by atoms with Gasteiger partial charge in [0, 0.05) is 11.1 Å². The van der Waals surface area contributed by atoms with E-state index in [-0.39, 0.29) is 12.1 Å². The fraction of sp³-hybridized carbons (Fsp3) is 0.250. The molecule has 0 aliphatic heterocycles. The number of rotatable bonds is 1. The van der Waals surface area contributed by atoms with E-state index in [0.29, 0.717) is 0 Å². The molecule has 2 nitrogen and oxygen atoms in total. The lowest BCUT2D eigenvalue weighted by molar-refractivity contribution is -0.157. The Kier molecular flexibility index (Phi) is 3.61. The van der Waals surface area contributed by atoms with Crippen LogP contribution in [0.3, 0.4) is 0 Å². The van der Waals surface area contributed by atoms with Gasteiger partial charge in [0.1, 0.15) is 0 Å². The molecule has 3 rings (SSSR count). The number of ether oxygens (including phenoxy) is 1. The Hall–Kier alpha value is -2.35. The van der Waals surface area contributed by atoms with Crippen LogP contribution in [0, 0.1) is 5.41 Å². The molecular weight excluding hydrogens is 272 g/mol. The molecule has 0 amide bonds. The van der Waals surface area contributed by atoms with Gasteiger partial charge in [-0.25, -0.2) is 0 Å². The number of carbonyl (C=O) groups excluding carboxylic acids is 1. The SMILES string of the molecule is CC(C)(C)C(=O)OC1c2ccccc2C=Cc2ccccc21. The molecule has 0 saturated carbocycles. The maximum atomic E-state index is 12.4. The van der Waals surface area contributed by atoms with Crippen molar-refractivity contribution in [3.05, 3.63) is 70.8 Å². The zero-order valence-corrected chi connectivity index (χ0v) is 13.2. The minimum Gasteiger partial charge on any atom is -0.452 e. The Balaban J connectivity index is 2.11. The number of benzene rings is 2. The molecule has 22 heavy (non-hydrogen) atoms. The second-order valence-electron chi connectivity index (χ2n) is 6.63. The predicted molar refractivity (Wildman–Crippen MR) is 89.2 cm³/mol. The van der Waals surface area contributed by atoms with Crippen molar-refractivity contribution < 1.29 is 9.53 Å². The standard InChI is InChI=1S/C20H20O2/c1-20(2,3)19(21)22-18-16-10-6-4-8-14(16)12-13-15-9-5-7-11-17(15)18/h4-13,18H,1-3H3. The number of hydrogen-bond donors (Lipinski definition) is 0. The highest BCUT2D eigenvalue weighted by Gasteiger charge is 2.30. The predicted octanol–water partition coefficient (Wildman–Crippen LogP) is 4.85. The summed E-state index contributed by atoms with van der Waals surface area (Å²) in [5, 5.41) is 0. The monoisotopic (exact) mass is 292 g/mol. The number of hydrogen-bond acceptors (Lipinski definition) is 2. The Morgan fingerprint density at radius 1 is 0.864 bits per heavy atom. The van der Waals surface area contributed by atoms with Gasteiger partial charge in [0.2, 0.25) is 0 Å². The molecule has 0 aromatic heterocycles. The molecule has 112 valence electrons. The molecule has 1 aliphatic carbocycles. The van der Waals surface area contributed by atoms with Crippen molar-refractivity contribution in [2.45, 2.75) is 26.9 Å². The first-order valence-electron chi connectivity index (χ1n) is 7.54. The molecule has 2 aromatic carbocycles. The van der Waals surface area contributed by atoms with Crippen LogP contribution in [-0.2, 0) is 9.53 Å². The summed E-state index contributed by atoms with van der Waals surface area (Å²) >= 11 is 0. The Morgan fingerprint density at radius 2 is 1.32 bits per heavy atom. The summed E-state index contributed by atoms with van der Waals surface area (Å²) in [6, 6.07) is 16.1. The van der Waals surface area contributed by atoms with E-state index in [4.69, 9.17) is 4.74 Å². The van der Waals surface area contributed by atoms with E-state index in [2.05, 4.69) is 24.3 Å². The summed E-state index contributed by atoms with van der Waals surface area (Å²) in [5.74, 6) is -0.191. The summed E-state index contributed by atoms with van der Waals surface area (Å²) in [7, 11) is 0.